The van der Waals surface area contributed by atoms with E-state index in [9.17, 15) is 4.57 Å². The van der Waals surface area contributed by atoms with Crippen LogP contribution in [0.3, 0.4) is 0 Å². The van der Waals surface area contributed by atoms with Gasteiger partial charge in [0.2, 0.25) is 0 Å². The highest BCUT2D eigenvalue weighted by atomic mass is 31.2. The maximum atomic E-state index is 12.1. The third kappa shape index (κ3) is 4.64. The van der Waals surface area contributed by atoms with E-state index in [1.807, 2.05) is 13.0 Å². The van der Waals surface area contributed by atoms with Crippen molar-refractivity contribution in [2.24, 2.45) is 0 Å². The predicted molar refractivity (Wildman–Crippen MR) is 97.4 cm³/mol. The number of hydrogen-bond donors (Lipinski definition) is 1. The number of nitrogens with one attached hydrogen (secondary N) is 1. The Hall–Kier alpha value is -1.73. The number of aryl methyl sites for hydroxylation is 1. The maximum Gasteiger partial charge on any atom is 0.164 e. The Morgan fingerprint density at radius 3 is 2.36 bits per heavy atom. The van der Waals surface area contributed by atoms with Crippen molar-refractivity contribution in [1.29, 1.82) is 0 Å². The number of rotatable bonds is 6. The molecular formula is C18H25N2OP. The fourth-order valence-electron chi connectivity index (χ4n) is 2.41. The van der Waals surface area contributed by atoms with Crippen molar-refractivity contribution < 1.29 is 4.57 Å². The van der Waals surface area contributed by atoms with E-state index in [-0.39, 0.29) is 0 Å². The van der Waals surface area contributed by atoms with Crippen molar-refractivity contribution in [3.8, 4) is 0 Å². The molecule has 0 saturated carbocycles. The number of benzene rings is 2. The monoisotopic (exact) mass is 316 g/mol. The maximum absolute atomic E-state index is 12.1. The number of hydrogen-bond acceptors (Lipinski definition) is 2. The summed E-state index contributed by atoms with van der Waals surface area (Å²) in [6.45, 7) is 9.49. The molecule has 22 heavy (non-hydrogen) atoms. The first-order valence-electron chi connectivity index (χ1n) is 7.62. The third-order valence-electron chi connectivity index (χ3n) is 3.57. The molecule has 0 aliphatic rings. The highest BCUT2D eigenvalue weighted by molar-refractivity contribution is 7.63. The van der Waals surface area contributed by atoms with Crippen molar-refractivity contribution in [1.82, 2.24) is 0 Å². The molecule has 0 radical (unpaired) electrons. The van der Waals surface area contributed by atoms with E-state index < -0.39 is 7.29 Å². The number of anilines is 2. The molecule has 2 aromatic rings. The molecule has 4 heteroatoms. The first-order valence-corrected chi connectivity index (χ1v) is 10.2. The SMILES string of the molecule is CCN(Cc1ccccc1)c1ccc(C)c(NP(C)(C)=O)c1. The average Bonchev–Trinajstić information content (AvgIpc) is 2.47. The van der Waals surface area contributed by atoms with Gasteiger partial charge in [-0.25, -0.2) is 0 Å². The van der Waals surface area contributed by atoms with Crippen molar-refractivity contribution in [3.63, 3.8) is 0 Å². The predicted octanol–water partition coefficient (Wildman–Crippen LogP) is 4.97. The van der Waals surface area contributed by atoms with Crippen LogP contribution in [0.15, 0.2) is 48.5 Å². The van der Waals surface area contributed by atoms with Gasteiger partial charge in [0.25, 0.3) is 0 Å². The summed E-state index contributed by atoms with van der Waals surface area (Å²) < 4.78 is 12.1. The van der Waals surface area contributed by atoms with E-state index in [0.717, 1.165) is 30.0 Å². The summed E-state index contributed by atoms with van der Waals surface area (Å²) >= 11 is 0. The summed E-state index contributed by atoms with van der Waals surface area (Å²) in [7, 11) is -2.31. The largest absolute Gasteiger partial charge is 0.367 e. The first kappa shape index (κ1) is 16.6. The second-order valence-electron chi connectivity index (χ2n) is 5.96. The lowest BCUT2D eigenvalue weighted by Gasteiger charge is -2.25. The first-order chi connectivity index (χ1) is 10.4. The fourth-order valence-corrected chi connectivity index (χ4v) is 3.23. The molecule has 1 N–H and O–H groups in total. The molecule has 0 aliphatic heterocycles. The zero-order valence-corrected chi connectivity index (χ0v) is 14.7. The quantitative estimate of drug-likeness (QED) is 0.764. The van der Waals surface area contributed by atoms with Gasteiger partial charge in [-0.1, -0.05) is 36.4 Å². The Labute approximate surface area is 133 Å². The second kappa shape index (κ2) is 7.02. The zero-order valence-electron chi connectivity index (χ0n) is 13.8. The normalized spacial score (nSPS) is 11.3. The smallest absolute Gasteiger partial charge is 0.164 e. The van der Waals surface area contributed by atoms with E-state index in [2.05, 4.69) is 59.4 Å². The van der Waals surface area contributed by atoms with Crippen LogP contribution in [-0.4, -0.2) is 19.9 Å². The van der Waals surface area contributed by atoms with Crippen molar-refractivity contribution in [2.45, 2.75) is 20.4 Å². The van der Waals surface area contributed by atoms with Crippen LogP contribution < -0.4 is 9.99 Å². The summed E-state index contributed by atoms with van der Waals surface area (Å²) in [5.41, 5.74) is 4.50. The summed E-state index contributed by atoms with van der Waals surface area (Å²) in [6, 6.07) is 16.8. The van der Waals surface area contributed by atoms with Crippen LogP contribution in [0.5, 0.6) is 0 Å². The molecule has 0 unspecified atom stereocenters. The van der Waals surface area contributed by atoms with Crippen molar-refractivity contribution >= 4 is 18.7 Å². The molecule has 0 spiro atoms. The number of nitrogens with zero attached hydrogens (tertiary/aromatic N) is 1. The summed E-state index contributed by atoms with van der Waals surface area (Å²) in [4.78, 5) is 2.32. The molecule has 0 heterocycles. The zero-order chi connectivity index (χ0) is 16.2. The van der Waals surface area contributed by atoms with Gasteiger partial charge in [0, 0.05) is 37.8 Å². The van der Waals surface area contributed by atoms with Gasteiger partial charge in [0.15, 0.2) is 7.29 Å². The molecule has 0 aromatic heterocycles. The Kier molecular flexibility index (Phi) is 5.31. The minimum Gasteiger partial charge on any atom is -0.367 e. The lowest BCUT2D eigenvalue weighted by Crippen LogP contribution is -2.22. The van der Waals surface area contributed by atoms with Crippen LogP contribution in [0, 0.1) is 6.92 Å². The van der Waals surface area contributed by atoms with Gasteiger partial charge in [-0.15, -0.1) is 0 Å². The fraction of sp³-hybridized carbons (Fsp3) is 0.333. The lowest BCUT2D eigenvalue weighted by atomic mass is 10.1. The van der Waals surface area contributed by atoms with Gasteiger partial charge in [-0.3, -0.25) is 0 Å². The molecule has 0 bridgehead atoms. The van der Waals surface area contributed by atoms with Crippen LogP contribution in [0.25, 0.3) is 0 Å². The molecule has 3 nitrogen and oxygen atoms in total. The van der Waals surface area contributed by atoms with Crippen LogP contribution in [-0.2, 0) is 11.1 Å². The Morgan fingerprint density at radius 2 is 1.77 bits per heavy atom. The minimum atomic E-state index is -2.31. The van der Waals surface area contributed by atoms with E-state index in [1.54, 1.807) is 13.3 Å². The molecule has 0 fully saturated rings. The van der Waals surface area contributed by atoms with Crippen LogP contribution in [0.4, 0.5) is 11.4 Å². The Balaban J connectivity index is 2.26. The summed E-state index contributed by atoms with van der Waals surface area (Å²) in [5, 5.41) is 3.16. The van der Waals surface area contributed by atoms with Gasteiger partial charge < -0.3 is 14.6 Å². The van der Waals surface area contributed by atoms with E-state index >= 15 is 0 Å². The van der Waals surface area contributed by atoms with Crippen LogP contribution in [0.1, 0.15) is 18.1 Å². The third-order valence-corrected chi connectivity index (χ3v) is 4.35. The highest BCUT2D eigenvalue weighted by Gasteiger charge is 2.11. The standard InChI is InChI=1S/C18H25N2OP/c1-5-20(14-16-9-7-6-8-10-16)17-12-11-15(2)18(13-17)19-22(3,4)21/h6-13H,5,14H2,1-4H3,(H,19,21). The summed E-state index contributed by atoms with van der Waals surface area (Å²) in [5.74, 6) is 0. The molecule has 0 aliphatic carbocycles. The molecule has 2 rings (SSSR count). The average molecular weight is 316 g/mol. The van der Waals surface area contributed by atoms with Crippen molar-refractivity contribution in [2.75, 3.05) is 29.9 Å². The topological polar surface area (TPSA) is 32.3 Å². The van der Waals surface area contributed by atoms with Crippen molar-refractivity contribution in [3.05, 3.63) is 59.7 Å². The highest BCUT2D eigenvalue weighted by Crippen LogP contribution is 2.38. The molecule has 118 valence electrons. The van der Waals surface area contributed by atoms with Gasteiger partial charge >= 0.3 is 0 Å². The molecular weight excluding hydrogens is 291 g/mol. The molecule has 0 amide bonds. The van der Waals surface area contributed by atoms with Gasteiger partial charge in [0.05, 0.1) is 0 Å². The van der Waals surface area contributed by atoms with Gasteiger partial charge in [-0.2, -0.15) is 0 Å². The molecule has 2 aromatic carbocycles. The van der Waals surface area contributed by atoms with Gasteiger partial charge in [0.1, 0.15) is 0 Å². The van der Waals surface area contributed by atoms with Crippen LogP contribution >= 0.6 is 7.29 Å². The van der Waals surface area contributed by atoms with E-state index in [1.165, 1.54) is 5.56 Å². The van der Waals surface area contributed by atoms with E-state index in [0.29, 0.717) is 0 Å². The minimum absolute atomic E-state index is 0.871. The van der Waals surface area contributed by atoms with E-state index in [4.69, 9.17) is 0 Å². The summed E-state index contributed by atoms with van der Waals surface area (Å²) in [6.07, 6.45) is 0. The Bertz CT molecular complexity index is 664. The molecule has 0 atom stereocenters. The molecule has 0 saturated heterocycles. The Morgan fingerprint density at radius 1 is 1.09 bits per heavy atom. The van der Waals surface area contributed by atoms with Crippen LogP contribution in [0.2, 0.25) is 0 Å². The lowest BCUT2D eigenvalue weighted by molar-refractivity contribution is 0.585. The second-order valence-corrected chi connectivity index (χ2v) is 8.89. The van der Waals surface area contributed by atoms with Gasteiger partial charge in [-0.05, 0) is 37.1 Å².